The zero-order chi connectivity index (χ0) is 19.8. The molecule has 0 aromatic rings. The highest BCUT2D eigenvalue weighted by Crippen LogP contribution is 2.46. The zero-order valence-electron chi connectivity index (χ0n) is 13.8. The Morgan fingerprint density at radius 2 is 1.62 bits per heavy atom. The molecule has 0 aliphatic heterocycles. The van der Waals surface area contributed by atoms with Crippen molar-refractivity contribution in [3.05, 3.63) is 0 Å². The molecule has 26 heavy (non-hydrogen) atoms. The Morgan fingerprint density at radius 3 is 2.04 bits per heavy atom. The van der Waals surface area contributed by atoms with E-state index in [0.29, 0.717) is 12.8 Å². The van der Waals surface area contributed by atoms with Crippen molar-refractivity contribution in [3.63, 3.8) is 0 Å². The second-order valence-electron chi connectivity index (χ2n) is 7.04. The van der Waals surface area contributed by atoms with Gasteiger partial charge in [0.1, 0.15) is 17.2 Å². The first-order chi connectivity index (χ1) is 11.9. The van der Waals surface area contributed by atoms with Crippen LogP contribution in [0, 0.1) is 0 Å². The molecular formula is C15H20F3N3O5. The Balaban J connectivity index is 2.17. The van der Waals surface area contributed by atoms with Crippen LogP contribution in [0.3, 0.4) is 0 Å². The van der Waals surface area contributed by atoms with E-state index in [1.165, 1.54) is 0 Å². The number of carbonyl (C=O) groups excluding carboxylic acids is 3. The van der Waals surface area contributed by atoms with Crippen LogP contribution in [0.4, 0.5) is 18.0 Å². The number of nitrogens with one attached hydrogen (secondary N) is 2. The van der Waals surface area contributed by atoms with Crippen LogP contribution in [0.2, 0.25) is 0 Å². The molecule has 0 bridgehead atoms. The van der Waals surface area contributed by atoms with Gasteiger partial charge in [0.25, 0.3) is 11.8 Å². The van der Waals surface area contributed by atoms with Crippen LogP contribution < -0.4 is 16.4 Å². The lowest BCUT2D eigenvalue weighted by Gasteiger charge is -2.46. The molecule has 1 unspecified atom stereocenters. The molecular weight excluding hydrogens is 359 g/mol. The van der Waals surface area contributed by atoms with E-state index in [1.807, 2.05) is 10.6 Å². The van der Waals surface area contributed by atoms with E-state index in [-0.39, 0.29) is 12.8 Å². The van der Waals surface area contributed by atoms with Crippen LogP contribution in [0.1, 0.15) is 44.9 Å². The van der Waals surface area contributed by atoms with Crippen molar-refractivity contribution in [1.82, 2.24) is 10.6 Å². The van der Waals surface area contributed by atoms with Crippen molar-refractivity contribution >= 4 is 23.7 Å². The summed E-state index contributed by atoms with van der Waals surface area (Å²) in [4.78, 5) is 46.3. The first-order valence-corrected chi connectivity index (χ1v) is 8.11. The summed E-state index contributed by atoms with van der Waals surface area (Å²) < 4.78 is 41.2. The van der Waals surface area contributed by atoms with Crippen LogP contribution in [0.5, 0.6) is 0 Å². The van der Waals surface area contributed by atoms with Crippen molar-refractivity contribution in [2.75, 3.05) is 0 Å². The molecule has 0 radical (unpaired) electrons. The quantitative estimate of drug-likeness (QED) is 0.481. The Morgan fingerprint density at radius 1 is 1.08 bits per heavy atom. The fourth-order valence-corrected chi connectivity index (χ4v) is 3.63. The molecule has 1 atom stereocenters. The summed E-state index contributed by atoms with van der Waals surface area (Å²) in [5.41, 5.74) is 0.878. The first-order valence-electron chi connectivity index (χ1n) is 8.11. The van der Waals surface area contributed by atoms with E-state index < -0.39 is 66.1 Å². The second-order valence-corrected chi connectivity index (χ2v) is 7.04. The molecule has 2 saturated carbocycles. The molecule has 2 aliphatic rings. The molecule has 146 valence electrons. The van der Waals surface area contributed by atoms with E-state index in [0.717, 1.165) is 0 Å². The molecule has 2 fully saturated rings. The van der Waals surface area contributed by atoms with Gasteiger partial charge in [0, 0.05) is 19.3 Å². The van der Waals surface area contributed by atoms with Gasteiger partial charge in [-0.3, -0.25) is 14.4 Å². The molecule has 11 heteroatoms. The van der Waals surface area contributed by atoms with Gasteiger partial charge in [0.15, 0.2) is 0 Å². The SMILES string of the molecule is NC(=O)C(=O)C1(NC(=O)C(CC2(F)CCCC2)NC(=O)O)CC(F)(F)C1. The second kappa shape index (κ2) is 6.76. The molecule has 8 nitrogen and oxygen atoms in total. The third kappa shape index (κ3) is 4.25. The average molecular weight is 379 g/mol. The van der Waals surface area contributed by atoms with Gasteiger partial charge in [-0.1, -0.05) is 12.8 Å². The number of rotatable bonds is 7. The number of amides is 3. The van der Waals surface area contributed by atoms with E-state index >= 15 is 0 Å². The van der Waals surface area contributed by atoms with Gasteiger partial charge >= 0.3 is 6.09 Å². The number of hydrogen-bond donors (Lipinski definition) is 4. The Labute approximate surface area is 146 Å². The summed E-state index contributed by atoms with van der Waals surface area (Å²) in [6.45, 7) is 0. The highest BCUT2D eigenvalue weighted by atomic mass is 19.3. The number of primary amides is 1. The highest BCUT2D eigenvalue weighted by Gasteiger charge is 2.63. The number of alkyl halides is 3. The van der Waals surface area contributed by atoms with Gasteiger partial charge in [-0.15, -0.1) is 0 Å². The maximum Gasteiger partial charge on any atom is 0.405 e. The fraction of sp³-hybridized carbons (Fsp3) is 0.733. The van der Waals surface area contributed by atoms with Gasteiger partial charge in [-0.25, -0.2) is 18.0 Å². The van der Waals surface area contributed by atoms with Crippen molar-refractivity contribution in [3.8, 4) is 0 Å². The third-order valence-corrected chi connectivity index (χ3v) is 4.83. The number of Topliss-reactive ketones (excluding diaryl/α,β-unsaturated/α-hetero) is 1. The van der Waals surface area contributed by atoms with Crippen LogP contribution in [0.25, 0.3) is 0 Å². The number of ketones is 1. The lowest BCUT2D eigenvalue weighted by Crippen LogP contribution is -2.70. The van der Waals surface area contributed by atoms with Gasteiger partial charge < -0.3 is 21.5 Å². The molecule has 0 aromatic heterocycles. The van der Waals surface area contributed by atoms with Crippen LogP contribution in [0.15, 0.2) is 0 Å². The molecule has 2 rings (SSSR count). The molecule has 0 aromatic carbocycles. The van der Waals surface area contributed by atoms with Crippen molar-refractivity contribution in [1.29, 1.82) is 0 Å². The summed E-state index contributed by atoms with van der Waals surface area (Å²) in [5.74, 6) is -7.33. The van der Waals surface area contributed by atoms with Crippen molar-refractivity contribution < 1.29 is 37.5 Å². The monoisotopic (exact) mass is 379 g/mol. The summed E-state index contributed by atoms with van der Waals surface area (Å²) in [5, 5.41) is 12.7. The van der Waals surface area contributed by atoms with Crippen molar-refractivity contribution in [2.24, 2.45) is 5.73 Å². The minimum absolute atomic E-state index is 0.140. The molecule has 3 amide bonds. The van der Waals surface area contributed by atoms with E-state index in [1.54, 1.807) is 0 Å². The number of carboxylic acid groups (broad SMARTS) is 1. The van der Waals surface area contributed by atoms with Gasteiger partial charge in [-0.2, -0.15) is 0 Å². The highest BCUT2D eigenvalue weighted by molar-refractivity contribution is 6.39. The first kappa shape index (κ1) is 20.0. The number of hydrogen-bond acceptors (Lipinski definition) is 4. The van der Waals surface area contributed by atoms with E-state index in [4.69, 9.17) is 10.8 Å². The zero-order valence-corrected chi connectivity index (χ0v) is 13.8. The Kier molecular flexibility index (Phi) is 5.20. The largest absolute Gasteiger partial charge is 0.465 e. The number of halogens is 3. The van der Waals surface area contributed by atoms with Crippen LogP contribution in [-0.2, 0) is 14.4 Å². The molecule has 5 N–H and O–H groups in total. The third-order valence-electron chi connectivity index (χ3n) is 4.83. The average Bonchev–Trinajstić information content (AvgIpc) is 2.89. The molecule has 0 spiro atoms. The number of carbonyl (C=O) groups is 4. The minimum Gasteiger partial charge on any atom is -0.465 e. The number of nitrogens with two attached hydrogens (primary N) is 1. The molecule has 0 heterocycles. The van der Waals surface area contributed by atoms with Crippen molar-refractivity contribution in [2.45, 2.75) is 68.1 Å². The van der Waals surface area contributed by atoms with E-state index in [2.05, 4.69) is 0 Å². The lowest BCUT2D eigenvalue weighted by atomic mass is 9.70. The predicted molar refractivity (Wildman–Crippen MR) is 81.1 cm³/mol. The Hall–Kier alpha value is -2.33. The topological polar surface area (TPSA) is 139 Å². The minimum atomic E-state index is -3.28. The maximum atomic E-state index is 14.6. The van der Waals surface area contributed by atoms with Crippen LogP contribution in [-0.4, -0.2) is 52.0 Å². The standard InChI is InChI=1S/C15H20F3N3O5/c16-13(3-1-2-4-13)5-8(20-12(25)26)11(24)21-14(9(22)10(19)23)6-15(17,18)7-14/h8,20H,1-7H2,(H2,19,23)(H,21,24)(H,25,26). The molecule has 2 aliphatic carbocycles. The van der Waals surface area contributed by atoms with Gasteiger partial charge in [-0.05, 0) is 12.8 Å². The van der Waals surface area contributed by atoms with Crippen LogP contribution >= 0.6 is 0 Å². The smallest absolute Gasteiger partial charge is 0.405 e. The van der Waals surface area contributed by atoms with Gasteiger partial charge in [0.05, 0.1) is 0 Å². The predicted octanol–water partition coefficient (Wildman–Crippen LogP) is 0.633. The summed E-state index contributed by atoms with van der Waals surface area (Å²) in [6.07, 6.45) is -2.93. The fourth-order valence-electron chi connectivity index (χ4n) is 3.63. The summed E-state index contributed by atoms with van der Waals surface area (Å²) >= 11 is 0. The Bertz CT molecular complexity index is 626. The van der Waals surface area contributed by atoms with E-state index in [9.17, 15) is 32.3 Å². The lowest BCUT2D eigenvalue weighted by molar-refractivity contribution is -0.167. The maximum absolute atomic E-state index is 14.6. The normalized spacial score (nSPS) is 23.3. The summed E-state index contributed by atoms with van der Waals surface area (Å²) in [7, 11) is 0. The molecule has 0 saturated heterocycles. The summed E-state index contributed by atoms with van der Waals surface area (Å²) in [6, 6.07) is -1.60. The van der Waals surface area contributed by atoms with Gasteiger partial charge in [0.2, 0.25) is 11.7 Å².